The summed E-state index contributed by atoms with van der Waals surface area (Å²) in [5.74, 6) is 0. The van der Waals surface area contributed by atoms with Crippen molar-refractivity contribution >= 4 is 33.1 Å². The van der Waals surface area contributed by atoms with Gasteiger partial charge in [0, 0.05) is 5.02 Å². The van der Waals surface area contributed by atoms with Gasteiger partial charge in [-0.15, -0.1) is 0 Å². The van der Waals surface area contributed by atoms with Crippen LogP contribution in [0.25, 0.3) is 43.8 Å². The van der Waals surface area contributed by atoms with Crippen LogP contribution in [0.3, 0.4) is 0 Å². The zero-order valence-electron chi connectivity index (χ0n) is 11.2. The lowest BCUT2D eigenvalue weighted by Crippen LogP contribution is -1.80. The molecule has 0 fully saturated rings. The van der Waals surface area contributed by atoms with Crippen molar-refractivity contribution in [2.45, 2.75) is 0 Å². The normalized spacial score (nSPS) is 12.0. The lowest BCUT2D eigenvalue weighted by atomic mass is 9.96. The van der Waals surface area contributed by atoms with Crippen molar-refractivity contribution in [2.75, 3.05) is 0 Å². The van der Waals surface area contributed by atoms with Crippen LogP contribution in [0, 0.1) is 0 Å². The van der Waals surface area contributed by atoms with Crippen LogP contribution < -0.4 is 0 Å². The molecular weight excluding hydrogens is 276 g/mol. The molecule has 21 heavy (non-hydrogen) atoms. The topological polar surface area (TPSA) is 0 Å². The van der Waals surface area contributed by atoms with Gasteiger partial charge in [-0.3, -0.25) is 0 Å². The summed E-state index contributed by atoms with van der Waals surface area (Å²) in [6, 6.07) is 23.7. The van der Waals surface area contributed by atoms with E-state index in [1.807, 2.05) is 6.07 Å². The van der Waals surface area contributed by atoms with Gasteiger partial charge in [-0.25, -0.2) is 0 Å². The molecule has 0 N–H and O–H groups in total. The van der Waals surface area contributed by atoms with Crippen LogP contribution in [-0.2, 0) is 0 Å². The number of benzene rings is 4. The third-order valence-electron chi connectivity index (χ3n) is 4.45. The summed E-state index contributed by atoms with van der Waals surface area (Å²) in [5, 5.41) is 5.91. The van der Waals surface area contributed by atoms with E-state index in [1.165, 1.54) is 43.8 Å². The van der Waals surface area contributed by atoms with E-state index in [9.17, 15) is 0 Å². The SMILES string of the molecule is Clc1ccc2cc3c4c(cccc4c2c1)-c1ccccc1-3. The third kappa shape index (κ3) is 1.40. The maximum absolute atomic E-state index is 6.20. The predicted octanol–water partition coefficient (Wildman–Crippen LogP) is 6.29. The molecule has 5 rings (SSSR count). The standard InChI is InChI=1S/C20H11Cl/c21-13-9-8-12-10-19-15-5-2-1-4-14(15)16-6-3-7-17(20(16)19)18(12)11-13/h1-11H. The first-order valence-electron chi connectivity index (χ1n) is 7.08. The highest BCUT2D eigenvalue weighted by Crippen LogP contribution is 2.49. The molecule has 1 aliphatic rings. The molecular formula is C20H11Cl. The second-order valence-corrected chi connectivity index (χ2v) is 6.00. The zero-order chi connectivity index (χ0) is 14.0. The van der Waals surface area contributed by atoms with Crippen LogP contribution in [0.5, 0.6) is 0 Å². The van der Waals surface area contributed by atoms with Gasteiger partial charge in [0.2, 0.25) is 0 Å². The Hall–Kier alpha value is -2.31. The molecule has 0 amide bonds. The van der Waals surface area contributed by atoms with E-state index in [1.54, 1.807) is 0 Å². The highest BCUT2D eigenvalue weighted by molar-refractivity contribution is 6.32. The number of hydrogen-bond acceptors (Lipinski definition) is 0. The molecule has 0 aliphatic heterocycles. The van der Waals surface area contributed by atoms with Crippen molar-refractivity contribution in [3.63, 3.8) is 0 Å². The summed E-state index contributed by atoms with van der Waals surface area (Å²) in [6.45, 7) is 0. The van der Waals surface area contributed by atoms with Gasteiger partial charge in [0.1, 0.15) is 0 Å². The van der Waals surface area contributed by atoms with E-state index < -0.39 is 0 Å². The van der Waals surface area contributed by atoms with Crippen molar-refractivity contribution in [1.29, 1.82) is 0 Å². The summed E-state index contributed by atoms with van der Waals surface area (Å²) in [5.41, 5.74) is 5.34. The predicted molar refractivity (Wildman–Crippen MR) is 90.9 cm³/mol. The van der Waals surface area contributed by atoms with Crippen molar-refractivity contribution in [2.24, 2.45) is 0 Å². The molecule has 0 radical (unpaired) electrons. The Labute approximate surface area is 127 Å². The Morgan fingerprint density at radius 1 is 0.571 bits per heavy atom. The van der Waals surface area contributed by atoms with Gasteiger partial charge >= 0.3 is 0 Å². The van der Waals surface area contributed by atoms with Crippen molar-refractivity contribution in [1.82, 2.24) is 0 Å². The molecule has 1 aliphatic carbocycles. The number of hydrogen-bond donors (Lipinski definition) is 0. The van der Waals surface area contributed by atoms with Crippen LogP contribution in [-0.4, -0.2) is 0 Å². The summed E-state index contributed by atoms with van der Waals surface area (Å²) in [7, 11) is 0. The number of halogens is 1. The van der Waals surface area contributed by atoms with Crippen LogP contribution >= 0.6 is 11.6 Å². The average molecular weight is 287 g/mol. The highest BCUT2D eigenvalue weighted by Gasteiger charge is 2.21. The monoisotopic (exact) mass is 286 g/mol. The van der Waals surface area contributed by atoms with Crippen molar-refractivity contribution < 1.29 is 0 Å². The zero-order valence-corrected chi connectivity index (χ0v) is 12.0. The maximum Gasteiger partial charge on any atom is 0.0412 e. The molecule has 0 atom stereocenters. The van der Waals surface area contributed by atoms with Gasteiger partial charge in [0.25, 0.3) is 0 Å². The lowest BCUT2D eigenvalue weighted by molar-refractivity contribution is 1.70. The van der Waals surface area contributed by atoms with Gasteiger partial charge in [0.15, 0.2) is 0 Å². The summed E-state index contributed by atoms with van der Waals surface area (Å²) in [4.78, 5) is 0. The minimum atomic E-state index is 0.790. The van der Waals surface area contributed by atoms with E-state index in [-0.39, 0.29) is 0 Å². The molecule has 0 aromatic heterocycles. The first-order valence-corrected chi connectivity index (χ1v) is 7.45. The van der Waals surface area contributed by atoms with Crippen LogP contribution in [0.15, 0.2) is 66.7 Å². The molecule has 0 saturated heterocycles. The smallest absolute Gasteiger partial charge is 0.0412 e. The third-order valence-corrected chi connectivity index (χ3v) is 4.68. The fraction of sp³-hybridized carbons (Fsp3) is 0. The average Bonchev–Trinajstić information content (AvgIpc) is 2.84. The molecule has 4 aromatic rings. The largest absolute Gasteiger partial charge is 0.0843 e. The summed E-state index contributed by atoms with van der Waals surface area (Å²) >= 11 is 6.20. The number of rotatable bonds is 0. The number of fused-ring (bicyclic) bond motifs is 5. The first kappa shape index (κ1) is 11.4. The Morgan fingerprint density at radius 2 is 1.33 bits per heavy atom. The van der Waals surface area contributed by atoms with Gasteiger partial charge in [0.05, 0.1) is 0 Å². The lowest BCUT2D eigenvalue weighted by Gasteiger charge is -2.08. The Kier molecular flexibility index (Phi) is 2.09. The molecule has 0 saturated carbocycles. The minimum absolute atomic E-state index is 0.790. The Balaban J connectivity index is 2.09. The summed E-state index contributed by atoms with van der Waals surface area (Å²) < 4.78 is 0. The minimum Gasteiger partial charge on any atom is -0.0843 e. The van der Waals surface area contributed by atoms with Gasteiger partial charge < -0.3 is 0 Å². The van der Waals surface area contributed by atoms with E-state index in [2.05, 4.69) is 60.7 Å². The Morgan fingerprint density at radius 3 is 2.19 bits per heavy atom. The van der Waals surface area contributed by atoms with Crippen molar-refractivity contribution in [3.8, 4) is 22.3 Å². The van der Waals surface area contributed by atoms with Gasteiger partial charge in [-0.05, 0) is 62.0 Å². The van der Waals surface area contributed by atoms with Gasteiger partial charge in [-0.1, -0.05) is 60.1 Å². The highest BCUT2D eigenvalue weighted by atomic mass is 35.5. The molecule has 0 nitrogen and oxygen atoms in total. The quantitative estimate of drug-likeness (QED) is 0.293. The molecule has 0 spiro atoms. The second-order valence-electron chi connectivity index (χ2n) is 5.56. The molecule has 0 bridgehead atoms. The fourth-order valence-corrected chi connectivity index (χ4v) is 3.74. The van der Waals surface area contributed by atoms with Crippen LogP contribution in [0.4, 0.5) is 0 Å². The fourth-order valence-electron chi connectivity index (χ4n) is 3.57. The molecule has 0 unspecified atom stereocenters. The van der Waals surface area contributed by atoms with Gasteiger partial charge in [-0.2, -0.15) is 0 Å². The molecule has 4 aromatic carbocycles. The second kappa shape index (κ2) is 3.87. The van der Waals surface area contributed by atoms with E-state index >= 15 is 0 Å². The molecule has 0 heterocycles. The van der Waals surface area contributed by atoms with E-state index in [0.717, 1.165) is 5.02 Å². The maximum atomic E-state index is 6.20. The first-order chi connectivity index (χ1) is 10.3. The van der Waals surface area contributed by atoms with E-state index in [4.69, 9.17) is 11.6 Å². The van der Waals surface area contributed by atoms with E-state index in [0.29, 0.717) is 0 Å². The van der Waals surface area contributed by atoms with Crippen LogP contribution in [0.1, 0.15) is 0 Å². The molecule has 1 heteroatoms. The Bertz CT molecular complexity index is 1040. The molecule has 98 valence electrons. The summed E-state index contributed by atoms with van der Waals surface area (Å²) in [6.07, 6.45) is 0. The van der Waals surface area contributed by atoms with Crippen molar-refractivity contribution in [3.05, 3.63) is 71.8 Å². The van der Waals surface area contributed by atoms with Crippen LogP contribution in [0.2, 0.25) is 5.02 Å².